The summed E-state index contributed by atoms with van der Waals surface area (Å²) in [5.74, 6) is 0.0838. The Morgan fingerprint density at radius 3 is 2.59 bits per heavy atom. The summed E-state index contributed by atoms with van der Waals surface area (Å²) in [5, 5.41) is 9.66. The Morgan fingerprint density at radius 1 is 1.41 bits per heavy atom. The Balaban J connectivity index is 2.61. The lowest BCUT2D eigenvalue weighted by molar-refractivity contribution is 0.0439. The molecule has 0 bridgehead atoms. The molecule has 17 heavy (non-hydrogen) atoms. The molecule has 1 aromatic rings. The molecule has 0 saturated heterocycles. The van der Waals surface area contributed by atoms with Gasteiger partial charge in [-0.05, 0) is 33.9 Å². The number of aryl methyl sites for hydroxylation is 1. The third-order valence-corrected chi connectivity index (χ3v) is 2.41. The monoisotopic (exact) mass is 235 g/mol. The van der Waals surface area contributed by atoms with Crippen LogP contribution in [0, 0.1) is 6.92 Å². The van der Waals surface area contributed by atoms with E-state index in [4.69, 9.17) is 0 Å². The first-order valence-electron chi connectivity index (χ1n) is 5.79. The molecule has 0 spiro atoms. The molecule has 1 rings (SSSR count). The van der Waals surface area contributed by atoms with Gasteiger partial charge in [0.1, 0.15) is 0 Å². The molecular weight excluding hydrogens is 214 g/mol. The van der Waals surface area contributed by atoms with E-state index in [-0.39, 0.29) is 5.78 Å². The van der Waals surface area contributed by atoms with Crippen molar-refractivity contribution in [2.75, 3.05) is 20.1 Å². The van der Waals surface area contributed by atoms with Crippen LogP contribution in [-0.4, -0.2) is 41.5 Å². The molecule has 1 aromatic carbocycles. The van der Waals surface area contributed by atoms with Gasteiger partial charge in [-0.15, -0.1) is 0 Å². The minimum atomic E-state index is -0.776. The van der Waals surface area contributed by atoms with Crippen molar-refractivity contribution < 1.29 is 9.90 Å². The lowest BCUT2D eigenvalue weighted by Crippen LogP contribution is -2.38. The molecule has 0 atom stereocenters. The van der Waals surface area contributed by atoms with E-state index < -0.39 is 5.60 Å². The minimum absolute atomic E-state index is 0.0838. The van der Waals surface area contributed by atoms with Gasteiger partial charge in [0.05, 0.1) is 12.1 Å². The van der Waals surface area contributed by atoms with Crippen LogP contribution in [0.1, 0.15) is 29.8 Å². The van der Waals surface area contributed by atoms with Crippen molar-refractivity contribution in [1.29, 1.82) is 0 Å². The van der Waals surface area contributed by atoms with E-state index in [9.17, 15) is 9.90 Å². The normalized spacial score (nSPS) is 11.9. The maximum absolute atomic E-state index is 12.0. The van der Waals surface area contributed by atoms with Crippen molar-refractivity contribution in [3.8, 4) is 0 Å². The van der Waals surface area contributed by atoms with Crippen LogP contribution >= 0.6 is 0 Å². The molecule has 0 saturated carbocycles. The quantitative estimate of drug-likeness (QED) is 0.792. The van der Waals surface area contributed by atoms with Crippen molar-refractivity contribution in [3.05, 3.63) is 35.4 Å². The molecule has 0 aromatic heterocycles. The lowest BCUT2D eigenvalue weighted by Gasteiger charge is -2.24. The molecule has 3 heteroatoms. The second-order valence-corrected chi connectivity index (χ2v) is 5.28. The maximum atomic E-state index is 12.0. The van der Waals surface area contributed by atoms with Crippen LogP contribution in [0.4, 0.5) is 0 Å². The SMILES string of the molecule is Cc1cccc(C(=O)CN(C)CC(C)(C)O)c1. The first-order valence-corrected chi connectivity index (χ1v) is 5.79. The number of carbonyl (C=O) groups is 1. The van der Waals surface area contributed by atoms with Crippen LogP contribution in [0.3, 0.4) is 0 Å². The average molecular weight is 235 g/mol. The smallest absolute Gasteiger partial charge is 0.176 e. The molecule has 1 N–H and O–H groups in total. The van der Waals surface area contributed by atoms with E-state index >= 15 is 0 Å². The number of carbonyl (C=O) groups excluding carboxylic acids is 1. The zero-order valence-corrected chi connectivity index (χ0v) is 11.0. The van der Waals surface area contributed by atoms with E-state index in [0.717, 1.165) is 11.1 Å². The number of rotatable bonds is 5. The van der Waals surface area contributed by atoms with E-state index in [1.54, 1.807) is 13.8 Å². The predicted octanol–water partition coefficient (Wildman–Crippen LogP) is 1.88. The zero-order chi connectivity index (χ0) is 13.1. The van der Waals surface area contributed by atoms with Crippen LogP contribution in [0.15, 0.2) is 24.3 Å². The van der Waals surface area contributed by atoms with Gasteiger partial charge in [-0.1, -0.05) is 23.8 Å². The fourth-order valence-electron chi connectivity index (χ4n) is 1.87. The number of likely N-dealkylation sites (N-methyl/N-ethyl adjacent to an activating group) is 1. The highest BCUT2D eigenvalue weighted by atomic mass is 16.3. The standard InChI is InChI=1S/C14H21NO2/c1-11-6-5-7-12(8-11)13(16)9-15(4)10-14(2,3)17/h5-8,17H,9-10H2,1-4H3. The molecule has 0 radical (unpaired) electrons. The molecule has 3 nitrogen and oxygen atoms in total. The first-order chi connectivity index (χ1) is 7.78. The van der Waals surface area contributed by atoms with Crippen molar-refractivity contribution >= 4 is 5.78 Å². The molecule has 0 aliphatic carbocycles. The van der Waals surface area contributed by atoms with Crippen LogP contribution in [0.25, 0.3) is 0 Å². The molecule has 0 amide bonds. The van der Waals surface area contributed by atoms with Gasteiger partial charge in [0.2, 0.25) is 0 Å². The molecule has 0 unspecified atom stereocenters. The van der Waals surface area contributed by atoms with Crippen LogP contribution < -0.4 is 0 Å². The number of hydrogen-bond acceptors (Lipinski definition) is 3. The molecular formula is C14H21NO2. The first kappa shape index (κ1) is 13.9. The molecule has 0 heterocycles. The number of aliphatic hydroxyl groups is 1. The number of nitrogens with zero attached hydrogens (tertiary/aromatic N) is 1. The topological polar surface area (TPSA) is 40.5 Å². The zero-order valence-electron chi connectivity index (χ0n) is 11.0. The van der Waals surface area contributed by atoms with Gasteiger partial charge in [0.25, 0.3) is 0 Å². The van der Waals surface area contributed by atoms with Gasteiger partial charge < -0.3 is 5.11 Å². The summed E-state index contributed by atoms with van der Waals surface area (Å²) in [7, 11) is 1.84. The summed E-state index contributed by atoms with van der Waals surface area (Å²) in [6.07, 6.45) is 0. The number of ketones is 1. The highest BCUT2D eigenvalue weighted by molar-refractivity contribution is 5.97. The summed E-state index contributed by atoms with van der Waals surface area (Å²) in [5.41, 5.74) is 1.04. The molecule has 94 valence electrons. The Hall–Kier alpha value is -1.19. The molecule has 0 aliphatic heterocycles. The highest BCUT2D eigenvalue weighted by Gasteiger charge is 2.17. The summed E-state index contributed by atoms with van der Waals surface area (Å²) < 4.78 is 0. The van der Waals surface area contributed by atoms with Gasteiger partial charge in [0, 0.05) is 12.1 Å². The van der Waals surface area contributed by atoms with Crippen molar-refractivity contribution in [2.24, 2.45) is 0 Å². The van der Waals surface area contributed by atoms with Crippen LogP contribution in [0.5, 0.6) is 0 Å². The summed E-state index contributed by atoms with van der Waals surface area (Å²) >= 11 is 0. The third kappa shape index (κ3) is 5.11. The summed E-state index contributed by atoms with van der Waals surface area (Å²) in [6.45, 7) is 6.25. The Labute approximate surface area is 103 Å². The number of benzene rings is 1. The minimum Gasteiger partial charge on any atom is -0.389 e. The van der Waals surface area contributed by atoms with E-state index in [2.05, 4.69) is 0 Å². The Morgan fingerprint density at radius 2 is 2.06 bits per heavy atom. The van der Waals surface area contributed by atoms with Gasteiger partial charge in [-0.3, -0.25) is 9.69 Å². The fraction of sp³-hybridized carbons (Fsp3) is 0.500. The lowest BCUT2D eigenvalue weighted by atomic mass is 10.1. The Bertz CT molecular complexity index is 393. The Kier molecular flexibility index (Phi) is 4.43. The summed E-state index contributed by atoms with van der Waals surface area (Å²) in [6, 6.07) is 7.57. The number of Topliss-reactive ketones (excluding diaryl/α,β-unsaturated/α-hetero) is 1. The van der Waals surface area contributed by atoms with Gasteiger partial charge in [-0.25, -0.2) is 0 Å². The maximum Gasteiger partial charge on any atom is 0.176 e. The van der Waals surface area contributed by atoms with Gasteiger partial charge in [-0.2, -0.15) is 0 Å². The summed E-state index contributed by atoms with van der Waals surface area (Å²) in [4.78, 5) is 13.8. The fourth-order valence-corrected chi connectivity index (χ4v) is 1.87. The predicted molar refractivity (Wildman–Crippen MR) is 69.3 cm³/mol. The van der Waals surface area contributed by atoms with E-state index in [1.165, 1.54) is 0 Å². The van der Waals surface area contributed by atoms with E-state index in [0.29, 0.717) is 13.1 Å². The van der Waals surface area contributed by atoms with E-state index in [1.807, 2.05) is 43.1 Å². The van der Waals surface area contributed by atoms with Crippen molar-refractivity contribution in [3.63, 3.8) is 0 Å². The average Bonchev–Trinajstić information content (AvgIpc) is 2.14. The largest absolute Gasteiger partial charge is 0.389 e. The third-order valence-electron chi connectivity index (χ3n) is 2.41. The van der Waals surface area contributed by atoms with Crippen molar-refractivity contribution in [1.82, 2.24) is 4.90 Å². The second-order valence-electron chi connectivity index (χ2n) is 5.28. The van der Waals surface area contributed by atoms with Crippen LogP contribution in [-0.2, 0) is 0 Å². The molecule has 0 aliphatic rings. The van der Waals surface area contributed by atoms with Crippen molar-refractivity contribution in [2.45, 2.75) is 26.4 Å². The molecule has 0 fully saturated rings. The second kappa shape index (κ2) is 5.43. The van der Waals surface area contributed by atoms with Gasteiger partial charge >= 0.3 is 0 Å². The highest BCUT2D eigenvalue weighted by Crippen LogP contribution is 2.07. The van der Waals surface area contributed by atoms with Crippen LogP contribution in [0.2, 0.25) is 0 Å². The van der Waals surface area contributed by atoms with Gasteiger partial charge in [0.15, 0.2) is 5.78 Å². The number of hydrogen-bond donors (Lipinski definition) is 1.